The van der Waals surface area contributed by atoms with Crippen LogP contribution in [0, 0.1) is 12.3 Å². The third kappa shape index (κ3) is 4.96. The van der Waals surface area contributed by atoms with Gasteiger partial charge in [-0.1, -0.05) is 30.3 Å². The molecule has 0 unspecified atom stereocenters. The maximum absolute atomic E-state index is 13.1. The fourth-order valence-corrected chi connectivity index (χ4v) is 3.22. The fraction of sp³-hybridized carbons (Fsp3) is 0.125. The van der Waals surface area contributed by atoms with Gasteiger partial charge in [0.1, 0.15) is 5.84 Å². The number of nitrogens with two attached hydrogens (primary N) is 1. The van der Waals surface area contributed by atoms with Crippen LogP contribution in [0.1, 0.15) is 31.8 Å². The molecule has 0 saturated carbocycles. The Balaban J connectivity index is 1.99. The lowest BCUT2D eigenvalue weighted by Gasteiger charge is -2.16. The van der Waals surface area contributed by atoms with Crippen LogP contribution in [0.2, 0.25) is 0 Å². The molecule has 0 radical (unpaired) electrons. The molecule has 3 aromatic rings. The van der Waals surface area contributed by atoms with Gasteiger partial charge in [0.2, 0.25) is 0 Å². The predicted molar refractivity (Wildman–Crippen MR) is 119 cm³/mol. The molecule has 0 heterocycles. The first-order chi connectivity index (χ1) is 14.9. The number of esters is 1. The lowest BCUT2D eigenvalue weighted by Crippen LogP contribution is -2.15. The zero-order valence-electron chi connectivity index (χ0n) is 17.3. The second-order valence-corrected chi connectivity index (χ2v) is 6.83. The number of benzene rings is 3. The molecule has 0 aliphatic rings. The molecule has 0 spiro atoms. The summed E-state index contributed by atoms with van der Waals surface area (Å²) >= 11 is 0. The summed E-state index contributed by atoms with van der Waals surface area (Å²) in [4.78, 5) is 25.7. The third-order valence-electron chi connectivity index (χ3n) is 4.70. The van der Waals surface area contributed by atoms with Crippen molar-refractivity contribution in [2.24, 2.45) is 5.73 Å². The number of hydrogen-bond acceptors (Lipinski definition) is 5. The summed E-state index contributed by atoms with van der Waals surface area (Å²) in [6.07, 6.45) is 0. The Bertz CT molecular complexity index is 1120. The van der Waals surface area contributed by atoms with Crippen molar-refractivity contribution in [1.29, 1.82) is 5.41 Å². The minimum atomic E-state index is -0.535. The number of aryl methyl sites for hydroxylation is 1. The molecule has 3 rings (SSSR count). The molecule has 3 aromatic carbocycles. The molecule has 0 aliphatic carbocycles. The first-order valence-corrected chi connectivity index (χ1v) is 9.53. The lowest BCUT2D eigenvalue weighted by molar-refractivity contribution is -0.0124. The number of carbonyl (C=O) groups excluding carboxylic acids is 2. The summed E-state index contributed by atoms with van der Waals surface area (Å²) in [7, 11) is 1.44. The SMILES string of the molecule is COCOC(=O)c1ccccc1-c1c(C)cccc1C(=O)Nc1ccc(C(=N)N)cc1. The van der Waals surface area contributed by atoms with Gasteiger partial charge in [0, 0.05) is 23.9 Å². The van der Waals surface area contributed by atoms with Gasteiger partial charge in [-0.15, -0.1) is 0 Å². The van der Waals surface area contributed by atoms with Gasteiger partial charge in [-0.25, -0.2) is 4.79 Å². The van der Waals surface area contributed by atoms with Crippen molar-refractivity contribution in [3.05, 3.63) is 89.0 Å². The first kappa shape index (κ1) is 21.7. The number of rotatable bonds is 7. The summed E-state index contributed by atoms with van der Waals surface area (Å²) in [6, 6.07) is 19.0. The summed E-state index contributed by atoms with van der Waals surface area (Å²) < 4.78 is 9.94. The third-order valence-corrected chi connectivity index (χ3v) is 4.70. The molecule has 0 fully saturated rings. The molecule has 7 heteroatoms. The van der Waals surface area contributed by atoms with Gasteiger partial charge in [-0.2, -0.15) is 0 Å². The van der Waals surface area contributed by atoms with E-state index in [1.165, 1.54) is 7.11 Å². The van der Waals surface area contributed by atoms with Crippen molar-refractivity contribution in [3.8, 4) is 11.1 Å². The Morgan fingerprint density at radius 3 is 2.32 bits per heavy atom. The molecule has 7 nitrogen and oxygen atoms in total. The minimum Gasteiger partial charge on any atom is -0.435 e. The Hall–Kier alpha value is -3.97. The molecule has 31 heavy (non-hydrogen) atoms. The quantitative estimate of drug-likeness (QED) is 0.233. The number of nitrogens with one attached hydrogen (secondary N) is 2. The molecule has 0 atom stereocenters. The molecule has 158 valence electrons. The van der Waals surface area contributed by atoms with Gasteiger partial charge in [-0.3, -0.25) is 10.2 Å². The minimum absolute atomic E-state index is 0.0455. The van der Waals surface area contributed by atoms with E-state index in [4.69, 9.17) is 20.6 Å². The second-order valence-electron chi connectivity index (χ2n) is 6.83. The van der Waals surface area contributed by atoms with Crippen molar-refractivity contribution in [2.75, 3.05) is 19.2 Å². The second kappa shape index (κ2) is 9.69. The van der Waals surface area contributed by atoms with Crippen LogP contribution in [0.5, 0.6) is 0 Å². The smallest absolute Gasteiger partial charge is 0.340 e. The van der Waals surface area contributed by atoms with Crippen LogP contribution in [0.25, 0.3) is 11.1 Å². The van der Waals surface area contributed by atoms with E-state index in [0.717, 1.165) is 5.56 Å². The highest BCUT2D eigenvalue weighted by Crippen LogP contribution is 2.31. The Morgan fingerprint density at radius 1 is 0.968 bits per heavy atom. The molecule has 1 amide bonds. The van der Waals surface area contributed by atoms with Crippen LogP contribution >= 0.6 is 0 Å². The van der Waals surface area contributed by atoms with Crippen LogP contribution < -0.4 is 11.1 Å². The summed E-state index contributed by atoms with van der Waals surface area (Å²) in [5.41, 5.74) is 9.45. The van der Waals surface area contributed by atoms with Crippen LogP contribution in [-0.4, -0.2) is 31.6 Å². The van der Waals surface area contributed by atoms with Crippen molar-refractivity contribution >= 4 is 23.4 Å². The highest BCUT2D eigenvalue weighted by Gasteiger charge is 2.21. The molecular formula is C24H23N3O4. The van der Waals surface area contributed by atoms with E-state index in [0.29, 0.717) is 33.5 Å². The molecule has 0 bridgehead atoms. The van der Waals surface area contributed by atoms with E-state index < -0.39 is 5.97 Å². The largest absolute Gasteiger partial charge is 0.435 e. The van der Waals surface area contributed by atoms with E-state index in [1.54, 1.807) is 60.7 Å². The number of amides is 1. The Labute approximate surface area is 180 Å². The lowest BCUT2D eigenvalue weighted by atomic mass is 9.91. The zero-order valence-corrected chi connectivity index (χ0v) is 17.3. The van der Waals surface area contributed by atoms with Gasteiger partial charge in [0.15, 0.2) is 6.79 Å². The fourth-order valence-electron chi connectivity index (χ4n) is 3.22. The first-order valence-electron chi connectivity index (χ1n) is 9.53. The Kier molecular flexibility index (Phi) is 6.79. The number of carbonyl (C=O) groups is 2. The van der Waals surface area contributed by atoms with E-state index in [-0.39, 0.29) is 18.5 Å². The number of hydrogen-bond donors (Lipinski definition) is 3. The standard InChI is InChI=1S/C24H23N3O4/c1-15-6-5-9-20(23(28)27-17-12-10-16(11-13-17)22(25)26)21(15)18-7-3-4-8-19(18)24(29)31-14-30-2/h3-13H,14H2,1-2H3,(H3,25,26)(H,27,28). The van der Waals surface area contributed by atoms with Crippen LogP contribution in [-0.2, 0) is 9.47 Å². The number of ether oxygens (including phenoxy) is 2. The average molecular weight is 417 g/mol. The van der Waals surface area contributed by atoms with Crippen LogP contribution in [0.3, 0.4) is 0 Å². The molecule has 0 aliphatic heterocycles. The number of anilines is 1. The zero-order chi connectivity index (χ0) is 22.4. The van der Waals surface area contributed by atoms with E-state index >= 15 is 0 Å². The normalized spacial score (nSPS) is 10.4. The van der Waals surface area contributed by atoms with E-state index in [1.807, 2.05) is 13.0 Å². The highest BCUT2D eigenvalue weighted by molar-refractivity contribution is 6.11. The Morgan fingerprint density at radius 2 is 1.65 bits per heavy atom. The maximum Gasteiger partial charge on any atom is 0.340 e. The highest BCUT2D eigenvalue weighted by atomic mass is 16.7. The molecule has 0 aromatic heterocycles. The average Bonchev–Trinajstić information content (AvgIpc) is 2.77. The van der Waals surface area contributed by atoms with Gasteiger partial charge < -0.3 is 20.5 Å². The van der Waals surface area contributed by atoms with Gasteiger partial charge >= 0.3 is 5.97 Å². The summed E-state index contributed by atoms with van der Waals surface area (Å²) in [5.74, 6) is -0.906. The van der Waals surface area contributed by atoms with Gasteiger partial charge in [-0.05, 0) is 60.0 Å². The van der Waals surface area contributed by atoms with Crippen molar-refractivity contribution in [3.63, 3.8) is 0 Å². The maximum atomic E-state index is 13.1. The number of methoxy groups -OCH3 is 1. The van der Waals surface area contributed by atoms with Crippen LogP contribution in [0.15, 0.2) is 66.7 Å². The molecule has 0 saturated heterocycles. The van der Waals surface area contributed by atoms with E-state index in [9.17, 15) is 9.59 Å². The number of nitrogen functional groups attached to an aromatic ring is 1. The van der Waals surface area contributed by atoms with Gasteiger partial charge in [0.05, 0.1) is 5.56 Å². The molecular weight excluding hydrogens is 394 g/mol. The predicted octanol–water partition coefficient (Wildman–Crippen LogP) is 3.96. The van der Waals surface area contributed by atoms with E-state index in [2.05, 4.69) is 5.32 Å². The topological polar surface area (TPSA) is 114 Å². The van der Waals surface area contributed by atoms with Crippen molar-refractivity contribution < 1.29 is 19.1 Å². The number of amidine groups is 1. The monoisotopic (exact) mass is 417 g/mol. The summed E-state index contributed by atoms with van der Waals surface area (Å²) in [5, 5.41) is 10.3. The summed E-state index contributed by atoms with van der Waals surface area (Å²) in [6.45, 7) is 1.72. The van der Waals surface area contributed by atoms with Crippen molar-refractivity contribution in [1.82, 2.24) is 0 Å². The van der Waals surface area contributed by atoms with Crippen molar-refractivity contribution in [2.45, 2.75) is 6.92 Å². The van der Waals surface area contributed by atoms with Crippen LogP contribution in [0.4, 0.5) is 5.69 Å². The van der Waals surface area contributed by atoms with Gasteiger partial charge in [0.25, 0.3) is 5.91 Å². The molecule has 4 N–H and O–H groups in total.